The van der Waals surface area contributed by atoms with E-state index >= 15 is 0 Å². The Labute approximate surface area is 133 Å². The van der Waals surface area contributed by atoms with E-state index in [9.17, 15) is 4.79 Å². The standard InChI is InChI=1S/C16H17N3O4/c1-16(2)22-13-11(18-19-17)8-9-12(14(13)23-16)21-15(20)10-6-4-3-5-7-10/h3-9,11-14H,1-2H3/t11-,12-,13+,14+/m1/s1. The van der Waals surface area contributed by atoms with Gasteiger partial charge in [0.15, 0.2) is 5.79 Å². The van der Waals surface area contributed by atoms with E-state index in [2.05, 4.69) is 10.0 Å². The number of carbonyl (C=O) groups excluding carboxylic acids is 1. The molecular formula is C16H17N3O4. The Morgan fingerprint density at radius 1 is 1.22 bits per heavy atom. The summed E-state index contributed by atoms with van der Waals surface area (Å²) in [4.78, 5) is 15.1. The van der Waals surface area contributed by atoms with Gasteiger partial charge >= 0.3 is 5.97 Å². The van der Waals surface area contributed by atoms with Gasteiger partial charge in [-0.25, -0.2) is 4.79 Å². The molecule has 1 aliphatic carbocycles. The van der Waals surface area contributed by atoms with Crippen molar-refractivity contribution in [1.82, 2.24) is 0 Å². The van der Waals surface area contributed by atoms with Gasteiger partial charge in [-0.2, -0.15) is 0 Å². The number of hydrogen-bond acceptors (Lipinski definition) is 5. The van der Waals surface area contributed by atoms with Crippen molar-refractivity contribution in [3.63, 3.8) is 0 Å². The number of hydrogen-bond donors (Lipinski definition) is 0. The Morgan fingerprint density at radius 3 is 2.61 bits per heavy atom. The quantitative estimate of drug-likeness (QED) is 0.282. The lowest BCUT2D eigenvalue weighted by atomic mass is 9.94. The van der Waals surface area contributed by atoms with Gasteiger partial charge in [-0.05, 0) is 37.6 Å². The zero-order valence-electron chi connectivity index (χ0n) is 12.8. The number of esters is 1. The van der Waals surface area contributed by atoms with Gasteiger partial charge in [0, 0.05) is 4.91 Å². The van der Waals surface area contributed by atoms with Crippen molar-refractivity contribution in [2.45, 2.75) is 44.0 Å². The molecule has 0 radical (unpaired) electrons. The second kappa shape index (κ2) is 6.04. The molecule has 0 spiro atoms. The molecule has 0 saturated carbocycles. The van der Waals surface area contributed by atoms with Crippen LogP contribution in [0.3, 0.4) is 0 Å². The van der Waals surface area contributed by atoms with Crippen molar-refractivity contribution < 1.29 is 19.0 Å². The number of benzene rings is 1. The van der Waals surface area contributed by atoms with Crippen LogP contribution in [-0.2, 0) is 14.2 Å². The smallest absolute Gasteiger partial charge is 0.338 e. The molecule has 1 aromatic rings. The summed E-state index contributed by atoms with van der Waals surface area (Å²) < 4.78 is 17.2. The zero-order chi connectivity index (χ0) is 16.4. The van der Waals surface area contributed by atoms with Gasteiger partial charge in [-0.1, -0.05) is 29.4 Å². The Balaban J connectivity index is 1.81. The fourth-order valence-electron chi connectivity index (χ4n) is 2.81. The molecule has 1 fully saturated rings. The van der Waals surface area contributed by atoms with Gasteiger partial charge in [0.2, 0.25) is 0 Å². The van der Waals surface area contributed by atoms with Crippen molar-refractivity contribution >= 4 is 5.97 Å². The van der Waals surface area contributed by atoms with E-state index in [-0.39, 0.29) is 0 Å². The van der Waals surface area contributed by atoms with E-state index in [1.54, 1.807) is 50.3 Å². The SMILES string of the molecule is CC1(C)O[C@@H]2[C@@H](O1)[C@H](OC(=O)c1ccccc1)C=C[C@H]2N=[N+]=[N-]. The lowest BCUT2D eigenvalue weighted by Crippen LogP contribution is -2.45. The summed E-state index contributed by atoms with van der Waals surface area (Å²) in [7, 11) is 0. The fourth-order valence-corrected chi connectivity index (χ4v) is 2.81. The first kappa shape index (κ1) is 15.6. The molecule has 0 N–H and O–H groups in total. The maximum Gasteiger partial charge on any atom is 0.338 e. The lowest BCUT2D eigenvalue weighted by Gasteiger charge is -2.30. The summed E-state index contributed by atoms with van der Waals surface area (Å²) in [5, 5.41) is 3.71. The Hall–Kier alpha value is -2.34. The van der Waals surface area contributed by atoms with Gasteiger partial charge in [-0.3, -0.25) is 0 Å². The minimum atomic E-state index is -0.831. The van der Waals surface area contributed by atoms with E-state index in [0.717, 1.165) is 0 Å². The van der Waals surface area contributed by atoms with Crippen LogP contribution in [0.1, 0.15) is 24.2 Å². The molecule has 0 unspecified atom stereocenters. The molecule has 4 atom stereocenters. The van der Waals surface area contributed by atoms with Gasteiger partial charge in [0.25, 0.3) is 0 Å². The van der Waals surface area contributed by atoms with Gasteiger partial charge in [0.1, 0.15) is 18.3 Å². The van der Waals surface area contributed by atoms with Crippen molar-refractivity contribution in [2.75, 3.05) is 0 Å². The number of fused-ring (bicyclic) bond motifs is 1. The van der Waals surface area contributed by atoms with Crippen LogP contribution in [0.4, 0.5) is 0 Å². The maximum absolute atomic E-state index is 12.2. The van der Waals surface area contributed by atoms with Gasteiger partial charge < -0.3 is 14.2 Å². The Kier molecular flexibility index (Phi) is 4.09. The fraction of sp³-hybridized carbons (Fsp3) is 0.438. The number of ether oxygens (including phenoxy) is 3. The van der Waals surface area contributed by atoms with E-state index < -0.39 is 36.1 Å². The Morgan fingerprint density at radius 2 is 1.91 bits per heavy atom. The summed E-state index contributed by atoms with van der Waals surface area (Å²) in [6, 6.07) is 8.25. The van der Waals surface area contributed by atoms with E-state index in [1.165, 1.54) is 0 Å². The molecule has 7 heteroatoms. The highest BCUT2D eigenvalue weighted by molar-refractivity contribution is 5.89. The van der Waals surface area contributed by atoms with E-state index in [4.69, 9.17) is 19.7 Å². The first-order chi connectivity index (χ1) is 11.0. The average molecular weight is 315 g/mol. The van der Waals surface area contributed by atoms with Crippen LogP contribution < -0.4 is 0 Å². The summed E-state index contributed by atoms with van der Waals surface area (Å²) in [5.74, 6) is -1.27. The van der Waals surface area contributed by atoms with Crippen LogP contribution in [0, 0.1) is 0 Å². The lowest BCUT2D eigenvalue weighted by molar-refractivity contribution is -0.152. The van der Waals surface area contributed by atoms with Crippen LogP contribution in [-0.4, -0.2) is 36.1 Å². The van der Waals surface area contributed by atoms with Gasteiger partial charge in [-0.15, -0.1) is 0 Å². The first-order valence-corrected chi connectivity index (χ1v) is 7.34. The van der Waals surface area contributed by atoms with E-state index in [1.807, 2.05) is 6.07 Å². The molecule has 2 aliphatic rings. The summed E-state index contributed by atoms with van der Waals surface area (Å²) in [5.41, 5.74) is 9.14. The van der Waals surface area contributed by atoms with Crippen LogP contribution >= 0.6 is 0 Å². The molecule has 0 bridgehead atoms. The normalized spacial score (nSPS) is 31.0. The number of rotatable bonds is 3. The van der Waals surface area contributed by atoms with Crippen molar-refractivity contribution in [3.8, 4) is 0 Å². The van der Waals surface area contributed by atoms with Crippen LogP contribution in [0.15, 0.2) is 47.6 Å². The topological polar surface area (TPSA) is 93.5 Å². The third-order valence-electron chi connectivity index (χ3n) is 3.76. The minimum Gasteiger partial charge on any atom is -0.452 e. The van der Waals surface area contributed by atoms with Crippen molar-refractivity contribution in [1.29, 1.82) is 0 Å². The van der Waals surface area contributed by atoms with E-state index in [0.29, 0.717) is 5.56 Å². The molecule has 1 heterocycles. The van der Waals surface area contributed by atoms with Crippen molar-refractivity contribution in [2.24, 2.45) is 5.11 Å². The first-order valence-electron chi connectivity index (χ1n) is 7.34. The second-order valence-corrected chi connectivity index (χ2v) is 5.88. The van der Waals surface area contributed by atoms with Crippen LogP contribution in [0.2, 0.25) is 0 Å². The largest absolute Gasteiger partial charge is 0.452 e. The number of carbonyl (C=O) groups is 1. The summed E-state index contributed by atoms with van der Waals surface area (Å²) in [6.45, 7) is 3.54. The molecule has 1 aliphatic heterocycles. The molecule has 1 saturated heterocycles. The molecule has 7 nitrogen and oxygen atoms in total. The second-order valence-electron chi connectivity index (χ2n) is 5.88. The Bertz CT molecular complexity index is 667. The predicted octanol–water partition coefficient (Wildman–Crippen LogP) is 2.98. The molecule has 23 heavy (non-hydrogen) atoms. The maximum atomic E-state index is 12.2. The summed E-state index contributed by atoms with van der Waals surface area (Å²) >= 11 is 0. The third kappa shape index (κ3) is 3.22. The monoisotopic (exact) mass is 315 g/mol. The molecule has 1 aromatic carbocycles. The molecule has 0 amide bonds. The zero-order valence-corrected chi connectivity index (χ0v) is 12.8. The predicted molar refractivity (Wildman–Crippen MR) is 81.5 cm³/mol. The van der Waals surface area contributed by atoms with Crippen LogP contribution in [0.5, 0.6) is 0 Å². The molecule has 0 aromatic heterocycles. The third-order valence-corrected chi connectivity index (χ3v) is 3.76. The highest BCUT2D eigenvalue weighted by Gasteiger charge is 2.50. The van der Waals surface area contributed by atoms with Crippen LogP contribution in [0.25, 0.3) is 10.4 Å². The number of azide groups is 1. The van der Waals surface area contributed by atoms with Crippen molar-refractivity contribution in [3.05, 3.63) is 58.5 Å². The highest BCUT2D eigenvalue weighted by Crippen LogP contribution is 2.37. The number of nitrogens with zero attached hydrogens (tertiary/aromatic N) is 3. The molecule has 120 valence electrons. The minimum absolute atomic E-state index is 0.436. The molecule has 3 rings (SSSR count). The average Bonchev–Trinajstić information content (AvgIpc) is 2.86. The summed E-state index contributed by atoms with van der Waals surface area (Å²) in [6.07, 6.45) is 1.78. The molecular weight excluding hydrogens is 298 g/mol. The van der Waals surface area contributed by atoms with Gasteiger partial charge in [0.05, 0.1) is 11.6 Å². The highest BCUT2D eigenvalue weighted by atomic mass is 16.8.